The average molecular weight is 210 g/mol. The van der Waals surface area contributed by atoms with Gasteiger partial charge in [0.15, 0.2) is 0 Å². The first-order valence-corrected chi connectivity index (χ1v) is 5.01. The normalized spacial score (nSPS) is 19.7. The zero-order valence-electron chi connectivity index (χ0n) is 8.32. The van der Waals surface area contributed by atoms with Crippen LogP contribution in [0.25, 0.3) is 0 Å². The molecule has 14 heavy (non-hydrogen) atoms. The largest absolute Gasteiger partial charge is 0.390 e. The first kappa shape index (κ1) is 11.8. The first-order chi connectivity index (χ1) is 6.47. The monoisotopic (exact) mass is 210 g/mol. The van der Waals surface area contributed by atoms with Gasteiger partial charge in [-0.05, 0) is 19.8 Å². The molecule has 1 fully saturated rings. The van der Waals surface area contributed by atoms with Crippen molar-refractivity contribution in [1.82, 2.24) is 10.6 Å². The van der Waals surface area contributed by atoms with Gasteiger partial charge in [-0.2, -0.15) is 13.2 Å². The molecule has 0 aliphatic heterocycles. The Kier molecular flexibility index (Phi) is 4.19. The molecule has 2 nitrogen and oxygen atoms in total. The predicted octanol–water partition coefficient (Wildman–Crippen LogP) is 1.67. The summed E-state index contributed by atoms with van der Waals surface area (Å²) in [4.78, 5) is 0. The zero-order valence-corrected chi connectivity index (χ0v) is 8.32. The quantitative estimate of drug-likeness (QED) is 0.696. The van der Waals surface area contributed by atoms with Crippen molar-refractivity contribution >= 4 is 0 Å². The van der Waals surface area contributed by atoms with Crippen molar-refractivity contribution in [2.24, 2.45) is 0 Å². The first-order valence-electron chi connectivity index (χ1n) is 5.01. The Morgan fingerprint density at radius 1 is 1.36 bits per heavy atom. The van der Waals surface area contributed by atoms with E-state index in [-0.39, 0.29) is 12.6 Å². The van der Waals surface area contributed by atoms with E-state index in [4.69, 9.17) is 0 Å². The van der Waals surface area contributed by atoms with Crippen LogP contribution in [0.1, 0.15) is 26.2 Å². The Morgan fingerprint density at radius 2 is 2.00 bits per heavy atom. The van der Waals surface area contributed by atoms with Gasteiger partial charge in [-0.25, -0.2) is 0 Å². The van der Waals surface area contributed by atoms with Crippen LogP contribution in [0.15, 0.2) is 0 Å². The minimum absolute atomic E-state index is 0.0109. The van der Waals surface area contributed by atoms with Crippen molar-refractivity contribution in [3.05, 3.63) is 0 Å². The highest BCUT2D eigenvalue weighted by Crippen LogP contribution is 2.19. The molecule has 1 aliphatic rings. The Balaban J connectivity index is 1.93. The number of hydrogen-bond acceptors (Lipinski definition) is 2. The molecule has 5 heteroatoms. The molecule has 2 N–H and O–H groups in total. The van der Waals surface area contributed by atoms with Crippen LogP contribution in [0.3, 0.4) is 0 Å². The van der Waals surface area contributed by atoms with Crippen LogP contribution in [-0.4, -0.2) is 31.3 Å². The summed E-state index contributed by atoms with van der Waals surface area (Å²) in [5.74, 6) is 0. The summed E-state index contributed by atoms with van der Waals surface area (Å²) < 4.78 is 35.3. The molecule has 0 spiro atoms. The maximum absolute atomic E-state index is 11.8. The molecule has 0 aromatic heterocycles. The van der Waals surface area contributed by atoms with Gasteiger partial charge in [0, 0.05) is 25.2 Å². The maximum Gasteiger partial charge on any atom is 0.390 e. The van der Waals surface area contributed by atoms with Gasteiger partial charge in [-0.15, -0.1) is 0 Å². The van der Waals surface area contributed by atoms with Gasteiger partial charge in [0.05, 0.1) is 6.42 Å². The Labute approximate surface area is 82.2 Å². The number of rotatable bonds is 6. The van der Waals surface area contributed by atoms with Gasteiger partial charge >= 0.3 is 6.18 Å². The zero-order chi connectivity index (χ0) is 10.6. The molecule has 0 aromatic rings. The van der Waals surface area contributed by atoms with E-state index < -0.39 is 12.6 Å². The predicted molar refractivity (Wildman–Crippen MR) is 49.2 cm³/mol. The molecular formula is C9H17F3N2. The fourth-order valence-electron chi connectivity index (χ4n) is 1.16. The second-order valence-electron chi connectivity index (χ2n) is 3.90. The minimum Gasteiger partial charge on any atom is -0.313 e. The number of hydrogen-bond donors (Lipinski definition) is 2. The maximum atomic E-state index is 11.8. The third-order valence-electron chi connectivity index (χ3n) is 2.19. The number of alkyl halides is 3. The Morgan fingerprint density at radius 3 is 2.50 bits per heavy atom. The molecule has 1 saturated carbocycles. The summed E-state index contributed by atoms with van der Waals surface area (Å²) in [5.41, 5.74) is 0. The van der Waals surface area contributed by atoms with E-state index in [0.717, 1.165) is 6.54 Å². The summed E-state index contributed by atoms with van der Waals surface area (Å²) in [6.45, 7) is 2.66. The number of nitrogens with one attached hydrogen (secondary N) is 2. The third kappa shape index (κ3) is 6.21. The smallest absolute Gasteiger partial charge is 0.313 e. The molecule has 0 amide bonds. The Hall–Kier alpha value is -0.290. The summed E-state index contributed by atoms with van der Waals surface area (Å²) >= 11 is 0. The van der Waals surface area contributed by atoms with E-state index in [1.165, 1.54) is 12.8 Å². The Bertz CT molecular complexity index is 166. The van der Waals surface area contributed by atoms with Crippen molar-refractivity contribution < 1.29 is 13.2 Å². The fraction of sp³-hybridized carbons (Fsp3) is 1.00. The van der Waals surface area contributed by atoms with E-state index in [9.17, 15) is 13.2 Å². The van der Waals surface area contributed by atoms with Crippen molar-refractivity contribution in [3.8, 4) is 0 Å². The van der Waals surface area contributed by atoms with Crippen LogP contribution in [0, 0.1) is 0 Å². The van der Waals surface area contributed by atoms with Crippen molar-refractivity contribution in [3.63, 3.8) is 0 Å². The number of halogens is 3. The second kappa shape index (κ2) is 4.98. The van der Waals surface area contributed by atoms with Gasteiger partial charge in [-0.3, -0.25) is 0 Å². The van der Waals surface area contributed by atoms with Gasteiger partial charge in [0.25, 0.3) is 0 Å². The molecule has 0 bridgehead atoms. The molecule has 1 unspecified atom stereocenters. The molecular weight excluding hydrogens is 193 g/mol. The topological polar surface area (TPSA) is 24.1 Å². The van der Waals surface area contributed by atoms with Gasteiger partial charge in [0.1, 0.15) is 0 Å². The standard InChI is InChI=1S/C9H17F3N2/c1-7(6-14-8-2-3-8)13-5-4-9(10,11)12/h7-8,13-14H,2-6H2,1H3. The molecule has 0 radical (unpaired) electrons. The summed E-state index contributed by atoms with van der Waals surface area (Å²) in [6.07, 6.45) is -2.39. The van der Waals surface area contributed by atoms with Gasteiger partial charge < -0.3 is 10.6 Å². The fourth-order valence-corrected chi connectivity index (χ4v) is 1.16. The van der Waals surface area contributed by atoms with Crippen molar-refractivity contribution in [2.45, 2.75) is 44.4 Å². The van der Waals surface area contributed by atoms with Crippen LogP contribution in [0.4, 0.5) is 13.2 Å². The van der Waals surface area contributed by atoms with E-state index in [2.05, 4.69) is 10.6 Å². The highest BCUT2D eigenvalue weighted by Gasteiger charge is 2.26. The lowest BCUT2D eigenvalue weighted by Gasteiger charge is -2.15. The van der Waals surface area contributed by atoms with Crippen LogP contribution in [0.2, 0.25) is 0 Å². The van der Waals surface area contributed by atoms with Crippen molar-refractivity contribution in [1.29, 1.82) is 0 Å². The highest BCUT2D eigenvalue weighted by molar-refractivity contribution is 4.82. The van der Waals surface area contributed by atoms with Crippen LogP contribution in [-0.2, 0) is 0 Å². The molecule has 1 rings (SSSR count). The average Bonchev–Trinajstić information content (AvgIpc) is 2.81. The van der Waals surface area contributed by atoms with E-state index >= 15 is 0 Å². The minimum atomic E-state index is -4.04. The SMILES string of the molecule is CC(CNC1CC1)NCCC(F)(F)F. The molecule has 1 atom stereocenters. The molecule has 84 valence electrons. The molecule has 0 saturated heterocycles. The summed E-state index contributed by atoms with van der Waals surface area (Å²) in [5, 5.41) is 6.10. The lowest BCUT2D eigenvalue weighted by Crippen LogP contribution is -2.38. The van der Waals surface area contributed by atoms with Crippen LogP contribution < -0.4 is 10.6 Å². The van der Waals surface area contributed by atoms with Gasteiger partial charge in [-0.1, -0.05) is 0 Å². The van der Waals surface area contributed by atoms with E-state index in [1.54, 1.807) is 0 Å². The third-order valence-corrected chi connectivity index (χ3v) is 2.19. The van der Waals surface area contributed by atoms with E-state index in [1.807, 2.05) is 6.92 Å². The van der Waals surface area contributed by atoms with Gasteiger partial charge in [0.2, 0.25) is 0 Å². The highest BCUT2D eigenvalue weighted by atomic mass is 19.4. The van der Waals surface area contributed by atoms with Crippen molar-refractivity contribution in [2.75, 3.05) is 13.1 Å². The van der Waals surface area contributed by atoms with Crippen LogP contribution in [0.5, 0.6) is 0 Å². The second-order valence-corrected chi connectivity index (χ2v) is 3.90. The summed E-state index contributed by atoms with van der Waals surface area (Å²) in [7, 11) is 0. The lowest BCUT2D eigenvalue weighted by molar-refractivity contribution is -0.133. The molecule has 1 aliphatic carbocycles. The van der Waals surface area contributed by atoms with E-state index in [0.29, 0.717) is 6.04 Å². The molecule has 0 aromatic carbocycles. The lowest BCUT2D eigenvalue weighted by atomic mass is 10.3. The summed E-state index contributed by atoms with van der Waals surface area (Å²) in [6, 6.07) is 0.722. The molecule has 0 heterocycles. The van der Waals surface area contributed by atoms with Crippen LogP contribution >= 0.6 is 0 Å².